The average molecular weight is 289 g/mol. The van der Waals surface area contributed by atoms with Gasteiger partial charge in [-0.2, -0.15) is 0 Å². The van der Waals surface area contributed by atoms with Gasteiger partial charge in [0.15, 0.2) is 0 Å². The van der Waals surface area contributed by atoms with Gasteiger partial charge in [-0.1, -0.05) is 5.98 Å². The van der Waals surface area contributed by atoms with E-state index in [0.717, 1.165) is 11.3 Å². The van der Waals surface area contributed by atoms with E-state index in [1.165, 1.54) is 0 Å². The molecule has 21 heavy (non-hydrogen) atoms. The lowest BCUT2D eigenvalue weighted by Crippen LogP contribution is -2.41. The average Bonchev–Trinajstić information content (AvgIpc) is 2.64. The lowest BCUT2D eigenvalue weighted by molar-refractivity contribution is 0.00578. The summed E-state index contributed by atoms with van der Waals surface area (Å²) < 4.78 is 11.8. The summed E-state index contributed by atoms with van der Waals surface area (Å²) in [6.45, 7) is 8.52. The van der Waals surface area contributed by atoms with Crippen LogP contribution < -0.4 is 11.5 Å². The Morgan fingerprint density at radius 1 is 1.29 bits per heavy atom. The smallest absolute Gasteiger partial charge is 0.400 e. The van der Waals surface area contributed by atoms with Crippen LogP contribution in [0.1, 0.15) is 45.0 Å². The van der Waals surface area contributed by atoms with E-state index in [0.29, 0.717) is 6.54 Å². The first-order valence-electron chi connectivity index (χ1n) is 7.20. The summed E-state index contributed by atoms with van der Waals surface area (Å²) in [6.07, 6.45) is 3.61. The van der Waals surface area contributed by atoms with E-state index >= 15 is 0 Å². The molecule has 5 nitrogen and oxygen atoms in total. The van der Waals surface area contributed by atoms with Crippen molar-refractivity contribution in [3.63, 3.8) is 0 Å². The lowest BCUT2D eigenvalue weighted by atomic mass is 9.89. The van der Waals surface area contributed by atoms with Crippen molar-refractivity contribution in [1.82, 2.24) is 4.98 Å². The Kier molecular flexibility index (Phi) is 4.53. The van der Waals surface area contributed by atoms with Crippen molar-refractivity contribution in [3.8, 4) is 0 Å². The molecule has 0 unspecified atom stereocenters. The van der Waals surface area contributed by atoms with Gasteiger partial charge in [-0.25, -0.2) is 0 Å². The van der Waals surface area contributed by atoms with E-state index in [4.69, 9.17) is 20.8 Å². The molecule has 2 heterocycles. The minimum absolute atomic E-state index is 0.169. The van der Waals surface area contributed by atoms with Crippen LogP contribution in [-0.4, -0.2) is 29.8 Å². The molecule has 1 aliphatic rings. The van der Waals surface area contributed by atoms with Crippen LogP contribution in [0.15, 0.2) is 24.3 Å². The Labute approximate surface area is 126 Å². The fourth-order valence-corrected chi connectivity index (χ4v) is 2.07. The Morgan fingerprint density at radius 3 is 2.48 bits per heavy atom. The first kappa shape index (κ1) is 16.2. The van der Waals surface area contributed by atoms with E-state index in [-0.39, 0.29) is 24.4 Å². The molecular weight excluding hydrogens is 265 g/mol. The van der Waals surface area contributed by atoms with Gasteiger partial charge in [-0.05, 0) is 51.5 Å². The van der Waals surface area contributed by atoms with Gasteiger partial charge < -0.3 is 20.8 Å². The Balaban J connectivity index is 2.09. The summed E-state index contributed by atoms with van der Waals surface area (Å²) in [4.78, 5) is 4.30. The van der Waals surface area contributed by atoms with Crippen LogP contribution in [0, 0.1) is 0 Å². The van der Waals surface area contributed by atoms with Crippen LogP contribution in [0.3, 0.4) is 0 Å². The van der Waals surface area contributed by atoms with Gasteiger partial charge in [0.25, 0.3) is 0 Å². The number of hydrogen-bond acceptors (Lipinski definition) is 5. The van der Waals surface area contributed by atoms with Crippen molar-refractivity contribution in [2.24, 2.45) is 11.5 Å². The van der Waals surface area contributed by atoms with Crippen LogP contribution in [0.5, 0.6) is 0 Å². The van der Waals surface area contributed by atoms with E-state index < -0.39 is 0 Å². The lowest BCUT2D eigenvalue weighted by Gasteiger charge is -2.32. The SMILES string of the molecule is CC1(C)OB(/C=C/c2cc([C@H](N)CN)ccn2)OC1(C)C. The predicted octanol–water partition coefficient (Wildman–Crippen LogP) is 1.68. The third kappa shape index (κ3) is 3.52. The molecule has 1 aliphatic heterocycles. The Hall–Kier alpha value is -1.21. The van der Waals surface area contributed by atoms with Crippen molar-refractivity contribution < 1.29 is 9.31 Å². The third-order valence-corrected chi connectivity index (χ3v) is 4.18. The zero-order chi connectivity index (χ0) is 15.7. The Bertz CT molecular complexity index is 515. The molecule has 0 radical (unpaired) electrons. The maximum Gasteiger partial charge on any atom is 0.487 e. The fraction of sp³-hybridized carbons (Fsp3) is 0.533. The molecule has 1 fully saturated rings. The molecule has 114 valence electrons. The van der Waals surface area contributed by atoms with E-state index in [1.54, 1.807) is 6.20 Å². The number of rotatable bonds is 4. The summed E-state index contributed by atoms with van der Waals surface area (Å²) in [5.74, 6) is 1.87. The van der Waals surface area contributed by atoms with Gasteiger partial charge in [0.05, 0.1) is 16.9 Å². The quantitative estimate of drug-likeness (QED) is 0.824. The maximum atomic E-state index is 5.93. The topological polar surface area (TPSA) is 83.4 Å². The minimum atomic E-state index is -0.372. The van der Waals surface area contributed by atoms with Crippen LogP contribution in [0.2, 0.25) is 0 Å². The number of aromatic nitrogens is 1. The number of hydrogen-bond donors (Lipinski definition) is 2. The maximum absolute atomic E-state index is 5.93. The second-order valence-corrected chi connectivity index (χ2v) is 6.34. The van der Waals surface area contributed by atoms with Crippen molar-refractivity contribution in [2.75, 3.05) is 6.54 Å². The summed E-state index contributed by atoms with van der Waals surface area (Å²) in [5, 5.41) is 0. The van der Waals surface area contributed by atoms with Gasteiger partial charge in [-0.3, -0.25) is 4.98 Å². The van der Waals surface area contributed by atoms with Crippen molar-refractivity contribution in [3.05, 3.63) is 35.6 Å². The fourth-order valence-electron chi connectivity index (χ4n) is 2.07. The zero-order valence-corrected chi connectivity index (χ0v) is 13.2. The molecule has 2 rings (SSSR count). The highest BCUT2D eigenvalue weighted by Crippen LogP contribution is 2.36. The van der Waals surface area contributed by atoms with Crippen LogP contribution in [0.4, 0.5) is 0 Å². The molecule has 1 aromatic rings. The summed E-state index contributed by atoms with van der Waals surface area (Å²) in [7, 11) is -0.372. The summed E-state index contributed by atoms with van der Waals surface area (Å²) in [6, 6.07) is 3.64. The number of nitrogens with two attached hydrogens (primary N) is 2. The summed E-state index contributed by atoms with van der Waals surface area (Å²) >= 11 is 0. The van der Waals surface area contributed by atoms with Crippen molar-refractivity contribution in [2.45, 2.75) is 44.9 Å². The monoisotopic (exact) mass is 289 g/mol. The second kappa shape index (κ2) is 5.89. The molecule has 0 aliphatic carbocycles. The van der Waals surface area contributed by atoms with Crippen molar-refractivity contribution >= 4 is 13.2 Å². The number of nitrogens with zero attached hydrogens (tertiary/aromatic N) is 1. The van der Waals surface area contributed by atoms with Gasteiger partial charge in [0.2, 0.25) is 0 Å². The highest BCUT2D eigenvalue weighted by Gasteiger charge is 2.49. The molecule has 4 N–H and O–H groups in total. The molecule has 1 saturated heterocycles. The molecule has 1 atom stereocenters. The van der Waals surface area contributed by atoms with Crippen molar-refractivity contribution in [1.29, 1.82) is 0 Å². The molecule has 0 bridgehead atoms. The number of pyridine rings is 1. The van der Waals surface area contributed by atoms with E-state index in [1.807, 2.05) is 51.9 Å². The van der Waals surface area contributed by atoms with Crippen LogP contribution >= 0.6 is 0 Å². The third-order valence-electron chi connectivity index (χ3n) is 4.18. The molecular formula is C15H24BN3O2. The molecule has 6 heteroatoms. The first-order chi connectivity index (χ1) is 9.75. The molecule has 0 aromatic carbocycles. The predicted molar refractivity (Wildman–Crippen MR) is 85.3 cm³/mol. The first-order valence-corrected chi connectivity index (χ1v) is 7.20. The second-order valence-electron chi connectivity index (χ2n) is 6.34. The van der Waals surface area contributed by atoms with Crippen LogP contribution in [-0.2, 0) is 9.31 Å². The highest BCUT2D eigenvalue weighted by molar-refractivity contribution is 6.52. The van der Waals surface area contributed by atoms with Gasteiger partial charge >= 0.3 is 7.12 Å². The van der Waals surface area contributed by atoms with E-state index in [9.17, 15) is 0 Å². The largest absolute Gasteiger partial charge is 0.487 e. The molecule has 1 aromatic heterocycles. The minimum Gasteiger partial charge on any atom is -0.400 e. The normalized spacial score (nSPS) is 21.9. The highest BCUT2D eigenvalue weighted by atomic mass is 16.7. The Morgan fingerprint density at radius 2 is 1.90 bits per heavy atom. The van der Waals surface area contributed by atoms with E-state index in [2.05, 4.69) is 4.98 Å². The standard InChI is InChI=1S/C15H24BN3O2/c1-14(2)15(3,4)21-16(20-14)7-5-12-9-11(6-8-19-12)13(18)10-17/h5-9,13H,10,17-18H2,1-4H3/b7-5+/t13-/m1/s1. The zero-order valence-electron chi connectivity index (χ0n) is 13.2. The summed E-state index contributed by atoms with van der Waals surface area (Å²) in [5.41, 5.74) is 12.6. The van der Waals surface area contributed by atoms with Crippen LogP contribution in [0.25, 0.3) is 6.08 Å². The van der Waals surface area contributed by atoms with Gasteiger partial charge in [0, 0.05) is 18.8 Å². The molecule has 0 saturated carbocycles. The molecule has 0 amide bonds. The van der Waals surface area contributed by atoms with Gasteiger partial charge in [-0.15, -0.1) is 0 Å². The molecule has 0 spiro atoms. The van der Waals surface area contributed by atoms with Gasteiger partial charge in [0.1, 0.15) is 0 Å².